The maximum Gasteiger partial charge on any atom is 0.179 e. The summed E-state index contributed by atoms with van der Waals surface area (Å²) in [6.07, 6.45) is 0. The van der Waals surface area contributed by atoms with E-state index in [4.69, 9.17) is 11.6 Å². The first kappa shape index (κ1) is 41.6. The molecule has 0 radical (unpaired) electrons. The standard InChI is InChI=1S/C57H55ClN2Si/c1-40(2)45-26-30-47(31-27-45)59(48-32-28-46(29-33-48)41(3)4)54-38-42(5)39-55(56(54)58)60(57-43(6)18-17-19-44(57)7)49-34-36-53(37-35-49)61(50-20-11-8-12-21-50,51-22-13-9-14-23-51)52-24-15-10-16-25-52/h8-41H,1-7H3. The lowest BCUT2D eigenvalue weighted by molar-refractivity contribution is 0.866. The van der Waals surface area contributed by atoms with Crippen molar-refractivity contribution in [2.75, 3.05) is 9.80 Å². The van der Waals surface area contributed by atoms with Crippen molar-refractivity contribution in [3.63, 3.8) is 0 Å². The van der Waals surface area contributed by atoms with Gasteiger partial charge in [-0.1, -0.05) is 185 Å². The second kappa shape index (κ2) is 17.8. The molecule has 0 atom stereocenters. The molecular formula is C57H55ClN2Si. The molecule has 2 nitrogen and oxygen atoms in total. The van der Waals surface area contributed by atoms with E-state index in [0.29, 0.717) is 16.9 Å². The van der Waals surface area contributed by atoms with Crippen molar-refractivity contribution >= 4 is 74.5 Å². The summed E-state index contributed by atoms with van der Waals surface area (Å²) in [4.78, 5) is 4.70. The highest BCUT2D eigenvalue weighted by Crippen LogP contribution is 2.48. The highest BCUT2D eigenvalue weighted by molar-refractivity contribution is 7.19. The molecule has 4 heteroatoms. The van der Waals surface area contributed by atoms with E-state index in [1.807, 2.05) is 0 Å². The number of rotatable bonds is 12. The first-order valence-corrected chi connectivity index (χ1v) is 23.9. The third kappa shape index (κ3) is 8.09. The normalized spacial score (nSPS) is 11.6. The lowest BCUT2D eigenvalue weighted by Crippen LogP contribution is -2.74. The van der Waals surface area contributed by atoms with Crippen molar-refractivity contribution in [1.82, 2.24) is 0 Å². The average Bonchev–Trinajstić information content (AvgIpc) is 3.28. The van der Waals surface area contributed by atoms with Crippen molar-refractivity contribution in [2.45, 2.75) is 60.3 Å². The van der Waals surface area contributed by atoms with Gasteiger partial charge in [0.15, 0.2) is 8.07 Å². The number of anilines is 6. The molecule has 0 aliphatic carbocycles. The minimum absolute atomic E-state index is 0.431. The summed E-state index contributed by atoms with van der Waals surface area (Å²) in [6.45, 7) is 15.5. The van der Waals surface area contributed by atoms with Crippen LogP contribution in [0.4, 0.5) is 34.1 Å². The molecular weight excluding hydrogens is 776 g/mol. The van der Waals surface area contributed by atoms with Crippen LogP contribution in [0.5, 0.6) is 0 Å². The molecule has 0 aliphatic heterocycles. The molecule has 0 spiro atoms. The summed E-state index contributed by atoms with van der Waals surface area (Å²) >= 11 is 7.91. The monoisotopic (exact) mass is 830 g/mol. The third-order valence-electron chi connectivity index (χ3n) is 12.1. The van der Waals surface area contributed by atoms with Gasteiger partial charge in [0.05, 0.1) is 22.1 Å². The van der Waals surface area contributed by atoms with Gasteiger partial charge in [0, 0.05) is 17.1 Å². The zero-order valence-corrected chi connectivity index (χ0v) is 38.2. The van der Waals surface area contributed by atoms with Crippen molar-refractivity contribution in [2.24, 2.45) is 0 Å². The van der Waals surface area contributed by atoms with Crippen LogP contribution in [0.25, 0.3) is 0 Å². The minimum atomic E-state index is -2.73. The van der Waals surface area contributed by atoms with Gasteiger partial charge in [-0.2, -0.15) is 0 Å². The fourth-order valence-corrected chi connectivity index (χ4v) is 14.0. The van der Waals surface area contributed by atoms with Gasteiger partial charge in [0.2, 0.25) is 0 Å². The lowest BCUT2D eigenvalue weighted by Gasteiger charge is -2.35. The van der Waals surface area contributed by atoms with E-state index in [2.05, 4.69) is 252 Å². The first-order valence-electron chi connectivity index (χ1n) is 21.5. The van der Waals surface area contributed by atoms with Crippen LogP contribution in [0.1, 0.15) is 67.3 Å². The summed E-state index contributed by atoms with van der Waals surface area (Å²) in [5, 5.41) is 6.04. The second-order valence-electron chi connectivity index (χ2n) is 16.9. The zero-order valence-electron chi connectivity index (χ0n) is 36.4. The largest absolute Gasteiger partial charge is 0.309 e. The lowest BCUT2D eigenvalue weighted by atomic mass is 10.0. The fourth-order valence-electron chi connectivity index (χ4n) is 8.97. The number of hydrogen-bond donors (Lipinski definition) is 0. The molecule has 0 N–H and O–H groups in total. The van der Waals surface area contributed by atoms with Gasteiger partial charge in [-0.15, -0.1) is 0 Å². The molecule has 61 heavy (non-hydrogen) atoms. The van der Waals surface area contributed by atoms with Gasteiger partial charge >= 0.3 is 0 Å². The van der Waals surface area contributed by atoms with Gasteiger partial charge in [0.1, 0.15) is 0 Å². The van der Waals surface area contributed by atoms with Gasteiger partial charge in [-0.3, -0.25) is 0 Å². The van der Waals surface area contributed by atoms with Crippen LogP contribution in [0.2, 0.25) is 5.02 Å². The van der Waals surface area contributed by atoms with Gasteiger partial charge in [-0.05, 0) is 130 Å². The molecule has 8 rings (SSSR count). The number of aryl methyl sites for hydroxylation is 3. The summed E-state index contributed by atoms with van der Waals surface area (Å²) in [7, 11) is -2.73. The van der Waals surface area contributed by atoms with Crippen LogP contribution in [0.3, 0.4) is 0 Å². The molecule has 0 heterocycles. The summed E-state index contributed by atoms with van der Waals surface area (Å²) in [5.74, 6) is 0.861. The highest BCUT2D eigenvalue weighted by Gasteiger charge is 2.41. The van der Waals surface area contributed by atoms with E-state index in [1.165, 1.54) is 43.0 Å². The molecule has 0 saturated heterocycles. The molecule has 304 valence electrons. The van der Waals surface area contributed by atoms with Crippen molar-refractivity contribution in [3.8, 4) is 0 Å². The van der Waals surface area contributed by atoms with E-state index >= 15 is 0 Å². The number of nitrogens with zero attached hydrogens (tertiary/aromatic N) is 2. The summed E-state index contributed by atoms with van der Waals surface area (Å²) in [6, 6.07) is 71.6. The zero-order chi connectivity index (χ0) is 42.7. The molecule has 0 bridgehead atoms. The first-order chi connectivity index (χ1) is 29.6. The Morgan fingerprint density at radius 1 is 0.393 bits per heavy atom. The molecule has 0 aromatic heterocycles. The van der Waals surface area contributed by atoms with Crippen LogP contribution >= 0.6 is 11.6 Å². The van der Waals surface area contributed by atoms with E-state index < -0.39 is 8.07 Å². The topological polar surface area (TPSA) is 6.48 Å². The molecule has 8 aromatic carbocycles. The Kier molecular flexibility index (Phi) is 12.2. The number of hydrogen-bond acceptors (Lipinski definition) is 2. The van der Waals surface area contributed by atoms with Crippen molar-refractivity contribution in [1.29, 1.82) is 0 Å². The summed E-state index contributed by atoms with van der Waals surface area (Å²) < 4.78 is 0. The van der Waals surface area contributed by atoms with Crippen LogP contribution in [-0.2, 0) is 0 Å². The van der Waals surface area contributed by atoms with Gasteiger partial charge < -0.3 is 9.80 Å². The quantitative estimate of drug-likeness (QED) is 0.0894. The highest BCUT2D eigenvalue weighted by atomic mass is 35.5. The van der Waals surface area contributed by atoms with E-state index in [0.717, 1.165) is 39.7 Å². The SMILES string of the molecule is Cc1cc(N(c2ccc(C(C)C)cc2)c2ccc(C(C)C)cc2)c(Cl)c(N(c2ccc([Si](c3ccccc3)(c3ccccc3)c3ccccc3)cc2)c2c(C)cccc2C)c1. The maximum atomic E-state index is 7.91. The molecule has 0 saturated carbocycles. The molecule has 0 aliphatic rings. The van der Waals surface area contributed by atoms with Gasteiger partial charge in [-0.25, -0.2) is 0 Å². The molecule has 8 aromatic rings. The van der Waals surface area contributed by atoms with E-state index in [1.54, 1.807) is 0 Å². The Bertz CT molecular complexity index is 2540. The van der Waals surface area contributed by atoms with Crippen LogP contribution in [-0.4, -0.2) is 8.07 Å². The minimum Gasteiger partial charge on any atom is -0.309 e. The maximum absolute atomic E-state index is 7.91. The number of para-hydroxylation sites is 1. The van der Waals surface area contributed by atoms with Crippen molar-refractivity contribution in [3.05, 3.63) is 227 Å². The van der Waals surface area contributed by atoms with Crippen LogP contribution < -0.4 is 30.5 Å². The molecule has 0 unspecified atom stereocenters. The molecule has 0 amide bonds. The Labute approximate surface area is 369 Å². The van der Waals surface area contributed by atoms with E-state index in [9.17, 15) is 0 Å². The van der Waals surface area contributed by atoms with Crippen LogP contribution in [0.15, 0.2) is 194 Å². The Morgan fingerprint density at radius 3 is 1.13 bits per heavy atom. The number of benzene rings is 8. The van der Waals surface area contributed by atoms with E-state index in [-0.39, 0.29) is 0 Å². The number of halogens is 1. The summed E-state index contributed by atoms with van der Waals surface area (Å²) in [5.41, 5.74) is 12.2. The second-order valence-corrected chi connectivity index (χ2v) is 21.1. The Hall–Kier alpha value is -6.13. The average molecular weight is 832 g/mol. The Morgan fingerprint density at radius 2 is 0.738 bits per heavy atom. The Balaban J connectivity index is 1.35. The van der Waals surface area contributed by atoms with Gasteiger partial charge in [0.25, 0.3) is 0 Å². The smallest absolute Gasteiger partial charge is 0.179 e. The third-order valence-corrected chi connectivity index (χ3v) is 17.3. The predicted octanol–water partition coefficient (Wildman–Crippen LogP) is 13.8. The fraction of sp³-hybridized carbons (Fsp3) is 0.158. The van der Waals surface area contributed by atoms with Crippen molar-refractivity contribution < 1.29 is 0 Å². The predicted molar refractivity (Wildman–Crippen MR) is 267 cm³/mol. The molecule has 0 fully saturated rings. The van der Waals surface area contributed by atoms with Crippen LogP contribution in [0, 0.1) is 20.8 Å².